The number of aromatic nitrogens is 4. The van der Waals surface area contributed by atoms with Crippen molar-refractivity contribution in [1.82, 2.24) is 19.9 Å². The van der Waals surface area contributed by atoms with Gasteiger partial charge in [0.2, 0.25) is 0 Å². The van der Waals surface area contributed by atoms with Crippen molar-refractivity contribution < 1.29 is 0 Å². The van der Waals surface area contributed by atoms with Crippen molar-refractivity contribution in [2.24, 2.45) is 9.98 Å². The van der Waals surface area contributed by atoms with Gasteiger partial charge in [-0.25, -0.2) is 0 Å². The predicted octanol–water partition coefficient (Wildman–Crippen LogP) is 6.72. The molecule has 0 spiro atoms. The van der Waals surface area contributed by atoms with E-state index in [2.05, 4.69) is 29.9 Å². The summed E-state index contributed by atoms with van der Waals surface area (Å²) >= 11 is 0. The molecule has 0 saturated heterocycles. The number of pyridine rings is 4. The van der Waals surface area contributed by atoms with Gasteiger partial charge in [-0.15, -0.1) is 0 Å². The van der Waals surface area contributed by atoms with Crippen molar-refractivity contribution in [3.8, 4) is 22.8 Å². The molecule has 0 atom stereocenters. The van der Waals surface area contributed by atoms with Crippen LogP contribution in [0, 0.1) is 13.8 Å². The van der Waals surface area contributed by atoms with Crippen LogP contribution < -0.4 is 0 Å². The maximum atomic E-state index is 4.60. The third kappa shape index (κ3) is 5.80. The Morgan fingerprint density at radius 2 is 0.833 bits per heavy atom. The second kappa shape index (κ2) is 10.6. The molecular weight excluding hydrogens is 444 g/mol. The third-order valence-electron chi connectivity index (χ3n) is 5.50. The van der Waals surface area contributed by atoms with E-state index in [1.165, 1.54) is 0 Å². The number of aryl methyl sites for hydroxylation is 2. The first kappa shape index (κ1) is 22.9. The Bertz CT molecular complexity index is 1440. The molecule has 36 heavy (non-hydrogen) atoms. The van der Waals surface area contributed by atoms with E-state index in [1.807, 2.05) is 99.1 Å². The van der Waals surface area contributed by atoms with E-state index in [-0.39, 0.29) is 0 Å². The molecule has 0 aliphatic heterocycles. The van der Waals surface area contributed by atoms with Crippen molar-refractivity contribution in [3.05, 3.63) is 120 Å². The summed E-state index contributed by atoms with van der Waals surface area (Å²) < 4.78 is 0. The molecule has 174 valence electrons. The van der Waals surface area contributed by atoms with E-state index in [0.29, 0.717) is 0 Å². The Balaban J connectivity index is 1.27. The van der Waals surface area contributed by atoms with Gasteiger partial charge in [-0.1, -0.05) is 0 Å². The number of hydrogen-bond acceptors (Lipinski definition) is 6. The first-order chi connectivity index (χ1) is 17.6. The van der Waals surface area contributed by atoms with Crippen molar-refractivity contribution in [2.75, 3.05) is 0 Å². The summed E-state index contributed by atoms with van der Waals surface area (Å²) in [7, 11) is 0. The molecule has 0 bridgehead atoms. The first-order valence-electron chi connectivity index (χ1n) is 11.6. The van der Waals surface area contributed by atoms with Crippen LogP contribution in [0.1, 0.15) is 22.3 Å². The molecule has 5 rings (SSSR count). The smallest absolute Gasteiger partial charge is 0.0892 e. The molecule has 0 saturated carbocycles. The first-order valence-corrected chi connectivity index (χ1v) is 11.6. The summed E-state index contributed by atoms with van der Waals surface area (Å²) in [5, 5.41) is 0. The molecule has 0 fully saturated rings. The monoisotopic (exact) mass is 468 g/mol. The van der Waals surface area contributed by atoms with Crippen LogP contribution in [0.4, 0.5) is 11.4 Å². The molecule has 6 heteroatoms. The molecule has 6 nitrogen and oxygen atoms in total. The molecule has 5 aromatic rings. The van der Waals surface area contributed by atoms with Crippen LogP contribution in [-0.4, -0.2) is 32.4 Å². The lowest BCUT2D eigenvalue weighted by Crippen LogP contribution is -1.90. The lowest BCUT2D eigenvalue weighted by molar-refractivity contribution is 1.23. The molecule has 0 unspecified atom stereocenters. The van der Waals surface area contributed by atoms with Gasteiger partial charge in [0.15, 0.2) is 0 Å². The SMILES string of the molecule is Cc1ccnc(-c2cc(C=Nc3ccc(N=Cc4ccnc(-c5cc(C)ccn5)c4)cc3)ccn2)c1. The van der Waals surface area contributed by atoms with Gasteiger partial charge in [-0.05, 0) is 109 Å². The van der Waals surface area contributed by atoms with Crippen LogP contribution in [0.25, 0.3) is 22.8 Å². The van der Waals surface area contributed by atoms with Crippen molar-refractivity contribution in [1.29, 1.82) is 0 Å². The predicted molar refractivity (Wildman–Crippen MR) is 145 cm³/mol. The minimum Gasteiger partial charge on any atom is -0.256 e. The summed E-state index contributed by atoms with van der Waals surface area (Å²) in [6, 6.07) is 23.6. The molecule has 0 N–H and O–H groups in total. The zero-order valence-electron chi connectivity index (χ0n) is 20.1. The van der Waals surface area contributed by atoms with Crippen LogP contribution >= 0.6 is 0 Å². The summed E-state index contributed by atoms with van der Waals surface area (Å²) in [4.78, 5) is 26.9. The molecule has 4 heterocycles. The van der Waals surface area contributed by atoms with Gasteiger partial charge in [-0.3, -0.25) is 29.9 Å². The Morgan fingerprint density at radius 3 is 1.22 bits per heavy atom. The van der Waals surface area contributed by atoms with Crippen LogP contribution in [0.2, 0.25) is 0 Å². The summed E-state index contributed by atoms with van der Waals surface area (Å²) in [6.45, 7) is 4.09. The van der Waals surface area contributed by atoms with E-state index in [0.717, 1.165) is 56.4 Å². The van der Waals surface area contributed by atoms with Gasteiger partial charge in [-0.2, -0.15) is 0 Å². The molecule has 4 aromatic heterocycles. The van der Waals surface area contributed by atoms with Crippen LogP contribution in [0.3, 0.4) is 0 Å². The number of hydrogen-bond donors (Lipinski definition) is 0. The fourth-order valence-corrected chi connectivity index (χ4v) is 3.61. The molecule has 0 radical (unpaired) electrons. The summed E-state index contributed by atoms with van der Waals surface area (Å²) in [5.41, 5.74) is 9.26. The molecule has 0 amide bonds. The Kier molecular flexibility index (Phi) is 6.76. The third-order valence-corrected chi connectivity index (χ3v) is 5.50. The molecule has 0 aliphatic rings. The normalized spacial score (nSPS) is 11.4. The van der Waals surface area contributed by atoms with Gasteiger partial charge in [0, 0.05) is 37.2 Å². The number of nitrogens with zero attached hydrogens (tertiary/aromatic N) is 6. The lowest BCUT2D eigenvalue weighted by Gasteiger charge is -2.02. The maximum absolute atomic E-state index is 4.60. The Morgan fingerprint density at radius 1 is 0.472 bits per heavy atom. The molecule has 1 aromatic carbocycles. The van der Waals surface area contributed by atoms with E-state index in [4.69, 9.17) is 0 Å². The van der Waals surface area contributed by atoms with Gasteiger partial charge in [0.25, 0.3) is 0 Å². The average Bonchev–Trinajstić information content (AvgIpc) is 2.92. The Labute approximate surface area is 210 Å². The van der Waals surface area contributed by atoms with E-state index in [1.54, 1.807) is 24.8 Å². The highest BCUT2D eigenvalue weighted by Crippen LogP contribution is 2.21. The van der Waals surface area contributed by atoms with Gasteiger partial charge >= 0.3 is 0 Å². The standard InChI is InChI=1S/C30H24N6/c1-21-7-11-31-27(15-21)29-17-23(9-13-33-29)19-35-25-3-5-26(6-4-25)36-20-24-10-14-34-30(18-24)28-16-22(2)8-12-32-28/h3-20H,1-2H3. The van der Waals surface area contributed by atoms with Gasteiger partial charge in [0.05, 0.1) is 34.2 Å². The zero-order valence-corrected chi connectivity index (χ0v) is 20.1. The Hall–Kier alpha value is -4.84. The van der Waals surface area contributed by atoms with Crippen molar-refractivity contribution in [3.63, 3.8) is 0 Å². The van der Waals surface area contributed by atoms with Crippen molar-refractivity contribution >= 4 is 23.8 Å². The zero-order chi connectivity index (χ0) is 24.7. The second-order valence-electron chi connectivity index (χ2n) is 8.42. The highest BCUT2D eigenvalue weighted by atomic mass is 14.8. The highest BCUT2D eigenvalue weighted by molar-refractivity contribution is 5.84. The van der Waals surface area contributed by atoms with E-state index >= 15 is 0 Å². The minimum atomic E-state index is 0.824. The quantitative estimate of drug-likeness (QED) is 0.259. The van der Waals surface area contributed by atoms with Crippen LogP contribution in [0.15, 0.2) is 108 Å². The molecule has 0 aliphatic carbocycles. The number of benzene rings is 1. The number of rotatable bonds is 6. The van der Waals surface area contributed by atoms with Gasteiger partial charge in [0.1, 0.15) is 0 Å². The van der Waals surface area contributed by atoms with Crippen molar-refractivity contribution in [2.45, 2.75) is 13.8 Å². The molecular formula is C30H24N6. The fourth-order valence-electron chi connectivity index (χ4n) is 3.61. The highest BCUT2D eigenvalue weighted by Gasteiger charge is 2.03. The van der Waals surface area contributed by atoms with Crippen LogP contribution in [-0.2, 0) is 0 Å². The maximum Gasteiger partial charge on any atom is 0.0892 e. The summed E-state index contributed by atoms with van der Waals surface area (Å²) in [5.74, 6) is 0. The van der Waals surface area contributed by atoms with E-state index < -0.39 is 0 Å². The largest absolute Gasteiger partial charge is 0.256 e. The average molecular weight is 469 g/mol. The number of aliphatic imine (C=N–C) groups is 2. The summed E-state index contributed by atoms with van der Waals surface area (Å²) in [6.07, 6.45) is 10.8. The van der Waals surface area contributed by atoms with E-state index in [9.17, 15) is 0 Å². The second-order valence-corrected chi connectivity index (χ2v) is 8.42. The van der Waals surface area contributed by atoms with Crippen LogP contribution in [0.5, 0.6) is 0 Å². The minimum absolute atomic E-state index is 0.824. The van der Waals surface area contributed by atoms with Gasteiger partial charge < -0.3 is 0 Å². The topological polar surface area (TPSA) is 76.3 Å². The lowest BCUT2D eigenvalue weighted by atomic mass is 10.1. The fraction of sp³-hybridized carbons (Fsp3) is 0.0667.